The summed E-state index contributed by atoms with van der Waals surface area (Å²) in [5.74, 6) is 0.468. The molecule has 0 amide bonds. The van der Waals surface area contributed by atoms with E-state index < -0.39 is 10.0 Å². The van der Waals surface area contributed by atoms with E-state index in [1.54, 1.807) is 12.1 Å². The number of benzene rings is 2. The van der Waals surface area contributed by atoms with Gasteiger partial charge in [-0.05, 0) is 36.1 Å². The second-order valence-corrected chi connectivity index (χ2v) is 8.62. The standard InChI is InChI=1S/C20H20ClN3O2S/c1-13(2)15-8-10-17(11-9-15)27(25,26)24-20-18(19(21)22-12-23-20)16-6-4-14(3)5-7-16/h4-13H,1-3H3,(H,22,23,24). The molecule has 2 aromatic carbocycles. The van der Waals surface area contributed by atoms with E-state index >= 15 is 0 Å². The average Bonchev–Trinajstić information content (AvgIpc) is 2.63. The molecule has 0 unspecified atom stereocenters. The van der Waals surface area contributed by atoms with Gasteiger partial charge in [0.05, 0.1) is 10.5 Å². The summed E-state index contributed by atoms with van der Waals surface area (Å²) in [6, 6.07) is 14.4. The topological polar surface area (TPSA) is 72.0 Å². The molecule has 1 heterocycles. The number of nitrogens with one attached hydrogen (secondary N) is 1. The van der Waals surface area contributed by atoms with E-state index in [1.807, 2.05) is 43.3 Å². The molecule has 0 aliphatic carbocycles. The molecule has 0 saturated heterocycles. The first-order valence-corrected chi connectivity index (χ1v) is 10.3. The van der Waals surface area contributed by atoms with Gasteiger partial charge in [-0.25, -0.2) is 18.4 Å². The quantitative estimate of drug-likeness (QED) is 0.608. The highest BCUT2D eigenvalue weighted by Gasteiger charge is 2.20. The molecule has 7 heteroatoms. The summed E-state index contributed by atoms with van der Waals surface area (Å²) < 4.78 is 28.2. The molecule has 0 saturated carbocycles. The maximum atomic E-state index is 12.8. The van der Waals surface area contributed by atoms with E-state index in [2.05, 4.69) is 28.5 Å². The molecule has 27 heavy (non-hydrogen) atoms. The number of aryl methyl sites for hydroxylation is 1. The molecular weight excluding hydrogens is 382 g/mol. The summed E-state index contributed by atoms with van der Waals surface area (Å²) in [7, 11) is -3.81. The van der Waals surface area contributed by atoms with E-state index in [0.717, 1.165) is 16.7 Å². The molecule has 0 radical (unpaired) electrons. The lowest BCUT2D eigenvalue weighted by Gasteiger charge is -2.13. The van der Waals surface area contributed by atoms with Crippen LogP contribution >= 0.6 is 11.6 Å². The Bertz CT molecular complexity index is 1050. The van der Waals surface area contributed by atoms with Crippen LogP contribution in [-0.2, 0) is 10.0 Å². The fourth-order valence-corrected chi connectivity index (χ4v) is 3.90. The van der Waals surface area contributed by atoms with Crippen molar-refractivity contribution in [3.8, 4) is 11.1 Å². The van der Waals surface area contributed by atoms with Crippen molar-refractivity contribution < 1.29 is 8.42 Å². The van der Waals surface area contributed by atoms with Gasteiger partial charge in [0.1, 0.15) is 11.5 Å². The van der Waals surface area contributed by atoms with Crippen molar-refractivity contribution in [1.29, 1.82) is 0 Å². The number of aromatic nitrogens is 2. The Hall–Kier alpha value is -2.44. The van der Waals surface area contributed by atoms with Crippen LogP contribution in [0.25, 0.3) is 11.1 Å². The maximum absolute atomic E-state index is 12.8. The van der Waals surface area contributed by atoms with Gasteiger partial charge in [0.15, 0.2) is 5.82 Å². The van der Waals surface area contributed by atoms with Gasteiger partial charge in [-0.15, -0.1) is 0 Å². The van der Waals surface area contributed by atoms with Crippen LogP contribution in [-0.4, -0.2) is 18.4 Å². The molecule has 5 nitrogen and oxygen atoms in total. The molecule has 3 rings (SSSR count). The van der Waals surface area contributed by atoms with Crippen molar-refractivity contribution >= 4 is 27.4 Å². The second-order valence-electron chi connectivity index (χ2n) is 6.58. The van der Waals surface area contributed by atoms with Crippen molar-refractivity contribution in [2.75, 3.05) is 4.72 Å². The molecule has 1 aromatic heterocycles. The SMILES string of the molecule is Cc1ccc(-c2c(Cl)ncnc2NS(=O)(=O)c2ccc(C(C)C)cc2)cc1. The third kappa shape index (κ3) is 4.28. The van der Waals surface area contributed by atoms with Crippen molar-refractivity contribution in [1.82, 2.24) is 9.97 Å². The highest BCUT2D eigenvalue weighted by atomic mass is 35.5. The van der Waals surface area contributed by atoms with Gasteiger partial charge in [0.25, 0.3) is 10.0 Å². The van der Waals surface area contributed by atoms with Crippen LogP contribution < -0.4 is 4.72 Å². The van der Waals surface area contributed by atoms with E-state index in [9.17, 15) is 8.42 Å². The Morgan fingerprint density at radius 3 is 2.19 bits per heavy atom. The number of halogens is 1. The van der Waals surface area contributed by atoms with Gasteiger partial charge < -0.3 is 0 Å². The fourth-order valence-electron chi connectivity index (χ4n) is 2.64. The maximum Gasteiger partial charge on any atom is 0.263 e. The number of anilines is 1. The Labute approximate surface area is 164 Å². The predicted molar refractivity (Wildman–Crippen MR) is 109 cm³/mol. The zero-order chi connectivity index (χ0) is 19.6. The van der Waals surface area contributed by atoms with E-state index in [-0.39, 0.29) is 15.9 Å². The van der Waals surface area contributed by atoms with Crippen LogP contribution in [0, 0.1) is 6.92 Å². The monoisotopic (exact) mass is 401 g/mol. The molecule has 0 bridgehead atoms. The molecule has 140 valence electrons. The Morgan fingerprint density at radius 1 is 0.963 bits per heavy atom. The van der Waals surface area contributed by atoms with Gasteiger partial charge >= 0.3 is 0 Å². The number of hydrogen-bond donors (Lipinski definition) is 1. The van der Waals surface area contributed by atoms with E-state index in [1.165, 1.54) is 6.33 Å². The lowest BCUT2D eigenvalue weighted by molar-refractivity contribution is 0.601. The Morgan fingerprint density at radius 2 is 1.59 bits per heavy atom. The van der Waals surface area contributed by atoms with Crippen LogP contribution in [0.4, 0.5) is 5.82 Å². The summed E-state index contributed by atoms with van der Waals surface area (Å²) in [5, 5.41) is 0.182. The van der Waals surface area contributed by atoms with Crippen LogP contribution in [0.3, 0.4) is 0 Å². The molecule has 3 aromatic rings. The Kier molecular flexibility index (Phi) is 5.48. The average molecular weight is 402 g/mol. The summed E-state index contributed by atoms with van der Waals surface area (Å²) in [6.07, 6.45) is 1.24. The van der Waals surface area contributed by atoms with Crippen molar-refractivity contribution in [3.63, 3.8) is 0 Å². The number of sulfonamides is 1. The molecule has 0 spiro atoms. The zero-order valence-corrected chi connectivity index (χ0v) is 16.8. The van der Waals surface area contributed by atoms with Crippen LogP contribution in [0.5, 0.6) is 0 Å². The van der Waals surface area contributed by atoms with Crippen molar-refractivity contribution in [2.24, 2.45) is 0 Å². The lowest BCUT2D eigenvalue weighted by atomic mass is 10.0. The molecular formula is C20H20ClN3O2S. The van der Waals surface area contributed by atoms with Gasteiger partial charge in [0, 0.05) is 0 Å². The highest BCUT2D eigenvalue weighted by Crippen LogP contribution is 2.33. The smallest absolute Gasteiger partial charge is 0.263 e. The third-order valence-electron chi connectivity index (χ3n) is 4.23. The third-order valence-corrected chi connectivity index (χ3v) is 5.87. The molecule has 0 aliphatic rings. The zero-order valence-electron chi connectivity index (χ0n) is 15.3. The van der Waals surface area contributed by atoms with E-state index in [4.69, 9.17) is 11.6 Å². The van der Waals surface area contributed by atoms with Gasteiger partial charge in [-0.2, -0.15) is 0 Å². The van der Waals surface area contributed by atoms with Gasteiger partial charge in [-0.1, -0.05) is 67.4 Å². The summed E-state index contributed by atoms with van der Waals surface area (Å²) >= 11 is 6.25. The summed E-state index contributed by atoms with van der Waals surface area (Å²) in [4.78, 5) is 8.26. The van der Waals surface area contributed by atoms with Crippen LogP contribution in [0.2, 0.25) is 5.15 Å². The first kappa shape index (κ1) is 19.3. The Balaban J connectivity index is 2.00. The van der Waals surface area contributed by atoms with Gasteiger partial charge in [-0.3, -0.25) is 4.72 Å². The predicted octanol–water partition coefficient (Wildman–Crippen LogP) is 5.03. The molecule has 0 aliphatic heterocycles. The second kappa shape index (κ2) is 7.66. The normalized spacial score (nSPS) is 11.6. The minimum atomic E-state index is -3.81. The van der Waals surface area contributed by atoms with Crippen molar-refractivity contribution in [2.45, 2.75) is 31.6 Å². The first-order chi connectivity index (χ1) is 12.8. The summed E-state index contributed by atoms with van der Waals surface area (Å²) in [6.45, 7) is 6.08. The highest BCUT2D eigenvalue weighted by molar-refractivity contribution is 7.92. The fraction of sp³-hybridized carbons (Fsp3) is 0.200. The first-order valence-electron chi connectivity index (χ1n) is 8.48. The minimum absolute atomic E-state index is 0.145. The summed E-state index contributed by atoms with van der Waals surface area (Å²) in [5.41, 5.74) is 3.33. The van der Waals surface area contributed by atoms with E-state index in [0.29, 0.717) is 11.5 Å². The lowest BCUT2D eigenvalue weighted by Crippen LogP contribution is -2.15. The molecule has 0 atom stereocenters. The molecule has 0 fully saturated rings. The van der Waals surface area contributed by atoms with Crippen LogP contribution in [0.1, 0.15) is 30.9 Å². The number of nitrogens with zero attached hydrogens (tertiary/aromatic N) is 2. The van der Waals surface area contributed by atoms with Crippen molar-refractivity contribution in [3.05, 3.63) is 71.1 Å². The molecule has 1 N–H and O–H groups in total. The largest absolute Gasteiger partial charge is 0.263 e. The van der Waals surface area contributed by atoms with Crippen LogP contribution in [0.15, 0.2) is 59.8 Å². The van der Waals surface area contributed by atoms with Gasteiger partial charge in [0.2, 0.25) is 0 Å². The minimum Gasteiger partial charge on any atom is -0.263 e. The number of rotatable bonds is 5. The number of hydrogen-bond acceptors (Lipinski definition) is 4.